The second-order valence-electron chi connectivity index (χ2n) is 6.38. The lowest BCUT2D eigenvalue weighted by Crippen LogP contribution is -2.38. The summed E-state index contributed by atoms with van der Waals surface area (Å²) in [5.74, 6) is 0. The van der Waals surface area contributed by atoms with Gasteiger partial charge in [-0.1, -0.05) is 36.4 Å². The van der Waals surface area contributed by atoms with Gasteiger partial charge in [-0.05, 0) is 37.8 Å². The van der Waals surface area contributed by atoms with E-state index in [0.717, 1.165) is 10.4 Å². The normalized spacial score (nSPS) is 12.7. The molecule has 0 radical (unpaired) electrons. The maximum atomic E-state index is 12.5. The monoisotopic (exact) mass is 333 g/mol. The highest BCUT2D eigenvalue weighted by molar-refractivity contribution is 7.10. The van der Waals surface area contributed by atoms with Gasteiger partial charge >= 0.3 is 6.09 Å². The molecule has 0 aliphatic rings. The third-order valence-electron chi connectivity index (χ3n) is 3.13. The molecule has 1 N–H and O–H groups in total. The van der Waals surface area contributed by atoms with Gasteiger partial charge in [0.15, 0.2) is 0 Å². The van der Waals surface area contributed by atoms with Gasteiger partial charge in [0.2, 0.25) is 0 Å². The van der Waals surface area contributed by atoms with Gasteiger partial charge in [0.25, 0.3) is 0 Å². The third-order valence-corrected chi connectivity index (χ3v) is 4.11. The zero-order chi connectivity index (χ0) is 16.9. The quantitative estimate of drug-likeness (QED) is 0.891. The van der Waals surface area contributed by atoms with Crippen LogP contribution in [-0.2, 0) is 11.3 Å². The molecule has 1 atom stereocenters. The second kappa shape index (κ2) is 7.62. The largest absolute Gasteiger partial charge is 0.444 e. The molecule has 0 aliphatic carbocycles. The van der Waals surface area contributed by atoms with Crippen molar-refractivity contribution in [2.75, 3.05) is 6.54 Å². The van der Waals surface area contributed by atoms with Crippen LogP contribution in [0.4, 0.5) is 4.79 Å². The molecule has 0 saturated heterocycles. The van der Waals surface area contributed by atoms with Crippen molar-refractivity contribution in [2.45, 2.75) is 39.0 Å². The Labute approximate surface area is 141 Å². The van der Waals surface area contributed by atoms with Crippen molar-refractivity contribution in [1.82, 2.24) is 4.90 Å². The first kappa shape index (κ1) is 17.5. The molecule has 0 bridgehead atoms. The topological polar surface area (TPSA) is 49.8 Å². The van der Waals surface area contributed by atoms with Crippen molar-refractivity contribution >= 4 is 17.4 Å². The van der Waals surface area contributed by atoms with Crippen molar-refractivity contribution in [2.24, 2.45) is 0 Å². The summed E-state index contributed by atoms with van der Waals surface area (Å²) in [6.45, 7) is 6.10. The molecule has 1 unspecified atom stereocenters. The van der Waals surface area contributed by atoms with Crippen LogP contribution >= 0.6 is 11.3 Å². The minimum Gasteiger partial charge on any atom is -0.444 e. The minimum absolute atomic E-state index is 0.199. The Morgan fingerprint density at radius 3 is 2.48 bits per heavy atom. The molecule has 0 fully saturated rings. The highest BCUT2D eigenvalue weighted by Gasteiger charge is 2.25. The van der Waals surface area contributed by atoms with E-state index in [1.807, 2.05) is 68.6 Å². The van der Waals surface area contributed by atoms with Gasteiger partial charge in [-0.3, -0.25) is 0 Å². The Balaban J connectivity index is 2.12. The van der Waals surface area contributed by atoms with Crippen LogP contribution in [0.25, 0.3) is 0 Å². The Morgan fingerprint density at radius 1 is 1.22 bits per heavy atom. The van der Waals surface area contributed by atoms with Gasteiger partial charge in [-0.25, -0.2) is 4.79 Å². The number of hydrogen-bond donors (Lipinski definition) is 1. The molecule has 1 aromatic heterocycles. The molecule has 0 aliphatic heterocycles. The highest BCUT2D eigenvalue weighted by atomic mass is 32.1. The van der Waals surface area contributed by atoms with Gasteiger partial charge < -0.3 is 14.7 Å². The van der Waals surface area contributed by atoms with Crippen LogP contribution in [0.15, 0.2) is 47.8 Å². The van der Waals surface area contributed by atoms with Crippen LogP contribution in [0.1, 0.15) is 37.3 Å². The van der Waals surface area contributed by atoms with E-state index in [1.54, 1.807) is 4.90 Å². The van der Waals surface area contributed by atoms with Crippen molar-refractivity contribution in [3.8, 4) is 0 Å². The number of ether oxygens (including phenoxy) is 1. The van der Waals surface area contributed by atoms with Gasteiger partial charge in [0, 0.05) is 11.4 Å². The standard InChI is InChI=1S/C18H23NO3S/c1-18(2,3)22-17(21)19(12-14-8-5-4-6-9-14)13-15(20)16-10-7-11-23-16/h4-11,15,20H,12-13H2,1-3H3. The van der Waals surface area contributed by atoms with Gasteiger partial charge in [-0.2, -0.15) is 0 Å². The lowest BCUT2D eigenvalue weighted by molar-refractivity contribution is 0.0127. The van der Waals surface area contributed by atoms with E-state index in [1.165, 1.54) is 11.3 Å². The third kappa shape index (κ3) is 5.69. The molecular formula is C18H23NO3S. The maximum Gasteiger partial charge on any atom is 0.410 e. The summed E-state index contributed by atoms with van der Waals surface area (Å²) in [6.07, 6.45) is -1.14. The summed E-state index contributed by atoms with van der Waals surface area (Å²) in [5, 5.41) is 12.3. The predicted octanol–water partition coefficient (Wildman–Crippen LogP) is 4.22. The van der Waals surface area contributed by atoms with Crippen molar-refractivity contribution < 1.29 is 14.6 Å². The lowest BCUT2D eigenvalue weighted by Gasteiger charge is -2.28. The zero-order valence-corrected chi connectivity index (χ0v) is 14.5. The van der Waals surface area contributed by atoms with Crippen LogP contribution in [0, 0.1) is 0 Å². The number of nitrogens with zero attached hydrogens (tertiary/aromatic N) is 1. The van der Waals surface area contributed by atoms with Crippen molar-refractivity contribution in [3.63, 3.8) is 0 Å². The zero-order valence-electron chi connectivity index (χ0n) is 13.7. The van der Waals surface area contributed by atoms with E-state index in [9.17, 15) is 9.90 Å². The summed E-state index contributed by atoms with van der Waals surface area (Å²) >= 11 is 1.48. The summed E-state index contributed by atoms with van der Waals surface area (Å²) in [4.78, 5) is 14.9. The minimum atomic E-state index is -0.716. The molecule has 1 aromatic carbocycles. The summed E-state index contributed by atoms with van der Waals surface area (Å²) in [7, 11) is 0. The smallest absolute Gasteiger partial charge is 0.410 e. The molecule has 23 heavy (non-hydrogen) atoms. The Hall–Kier alpha value is -1.85. The Kier molecular flexibility index (Phi) is 5.80. The van der Waals surface area contributed by atoms with Crippen LogP contribution in [0.5, 0.6) is 0 Å². The maximum absolute atomic E-state index is 12.5. The van der Waals surface area contributed by atoms with E-state index in [4.69, 9.17) is 4.74 Å². The number of amides is 1. The fourth-order valence-corrected chi connectivity index (χ4v) is 2.82. The van der Waals surface area contributed by atoms with Crippen LogP contribution in [-0.4, -0.2) is 28.2 Å². The molecule has 2 aromatic rings. The number of benzene rings is 1. The van der Waals surface area contributed by atoms with Gasteiger partial charge in [0.05, 0.1) is 6.54 Å². The number of thiophene rings is 1. The molecule has 1 heterocycles. The van der Waals surface area contributed by atoms with Crippen molar-refractivity contribution in [3.05, 3.63) is 58.3 Å². The van der Waals surface area contributed by atoms with Gasteiger partial charge in [0.1, 0.15) is 11.7 Å². The molecular weight excluding hydrogens is 310 g/mol. The Morgan fingerprint density at radius 2 is 1.91 bits per heavy atom. The highest BCUT2D eigenvalue weighted by Crippen LogP contribution is 2.22. The van der Waals surface area contributed by atoms with Gasteiger partial charge in [-0.15, -0.1) is 11.3 Å². The summed E-state index contributed by atoms with van der Waals surface area (Å²) in [6, 6.07) is 13.4. The van der Waals surface area contributed by atoms with E-state index in [0.29, 0.717) is 6.54 Å². The number of hydrogen-bond acceptors (Lipinski definition) is 4. The van der Waals surface area contributed by atoms with Crippen LogP contribution in [0.3, 0.4) is 0 Å². The Bertz CT molecular complexity index is 605. The molecule has 4 nitrogen and oxygen atoms in total. The van der Waals surface area contributed by atoms with E-state index in [-0.39, 0.29) is 6.54 Å². The predicted molar refractivity (Wildman–Crippen MR) is 92.4 cm³/mol. The van der Waals surface area contributed by atoms with E-state index in [2.05, 4.69) is 0 Å². The average Bonchev–Trinajstić information content (AvgIpc) is 3.00. The first-order valence-corrected chi connectivity index (χ1v) is 8.46. The number of aliphatic hydroxyl groups is 1. The number of carbonyl (C=O) groups is 1. The molecule has 2 rings (SSSR count). The van der Waals surface area contributed by atoms with Crippen LogP contribution in [0.2, 0.25) is 0 Å². The van der Waals surface area contributed by atoms with Crippen LogP contribution < -0.4 is 0 Å². The molecule has 0 saturated carbocycles. The van der Waals surface area contributed by atoms with E-state index >= 15 is 0 Å². The summed E-state index contributed by atoms with van der Waals surface area (Å²) in [5.41, 5.74) is 0.427. The van der Waals surface area contributed by atoms with Crippen molar-refractivity contribution in [1.29, 1.82) is 0 Å². The average molecular weight is 333 g/mol. The fraction of sp³-hybridized carbons (Fsp3) is 0.389. The summed E-state index contributed by atoms with van der Waals surface area (Å²) < 4.78 is 5.47. The second-order valence-corrected chi connectivity index (χ2v) is 7.36. The first-order chi connectivity index (χ1) is 10.8. The molecule has 5 heteroatoms. The van der Waals surface area contributed by atoms with E-state index < -0.39 is 17.8 Å². The number of rotatable bonds is 5. The first-order valence-electron chi connectivity index (χ1n) is 7.58. The lowest BCUT2D eigenvalue weighted by atomic mass is 10.2. The number of carbonyl (C=O) groups excluding carboxylic acids is 1. The number of aliphatic hydroxyl groups excluding tert-OH is 1. The molecule has 124 valence electrons. The molecule has 0 spiro atoms. The SMILES string of the molecule is CC(C)(C)OC(=O)N(Cc1ccccc1)CC(O)c1cccs1. The molecule has 1 amide bonds. The fourth-order valence-electron chi connectivity index (χ4n) is 2.11.